The molecule has 0 saturated carbocycles. The van der Waals surface area contributed by atoms with Gasteiger partial charge < -0.3 is 14.5 Å². The monoisotopic (exact) mass is 398 g/mol. The third-order valence-electron chi connectivity index (χ3n) is 5.30. The number of carbonyl (C=O) groups excluding carboxylic acids is 3. The number of piperazine rings is 1. The number of aromatic nitrogens is 2. The molecule has 2 heterocycles. The maximum absolute atomic E-state index is 12.9. The minimum atomic E-state index is -0.203. The Bertz CT molecular complexity index is 966. The van der Waals surface area contributed by atoms with Crippen LogP contribution in [0.3, 0.4) is 0 Å². The van der Waals surface area contributed by atoms with Crippen molar-refractivity contribution in [3.8, 4) is 5.75 Å². The van der Waals surface area contributed by atoms with Crippen LogP contribution in [-0.2, 0) is 16.1 Å². The summed E-state index contributed by atoms with van der Waals surface area (Å²) in [5, 5.41) is 4.33. The fourth-order valence-corrected chi connectivity index (χ4v) is 3.85. The van der Waals surface area contributed by atoms with E-state index in [-0.39, 0.29) is 36.7 Å². The number of carbonyl (C=O) groups is 3. The van der Waals surface area contributed by atoms with E-state index in [2.05, 4.69) is 5.10 Å². The van der Waals surface area contributed by atoms with Crippen molar-refractivity contribution < 1.29 is 19.1 Å². The van der Waals surface area contributed by atoms with E-state index in [4.69, 9.17) is 4.74 Å². The highest BCUT2D eigenvalue weighted by Gasteiger charge is 2.34. The normalized spacial score (nSPS) is 16.9. The van der Waals surface area contributed by atoms with Crippen LogP contribution in [0, 0.1) is 13.8 Å². The van der Waals surface area contributed by atoms with Crippen LogP contribution in [0.15, 0.2) is 24.3 Å². The molecule has 0 spiro atoms. The number of rotatable bonds is 5. The number of benzene rings is 1. The largest absolute Gasteiger partial charge is 0.495 e. The van der Waals surface area contributed by atoms with Crippen LogP contribution >= 0.6 is 0 Å². The molecule has 1 atom stereocenters. The zero-order valence-corrected chi connectivity index (χ0v) is 17.4. The van der Waals surface area contributed by atoms with Crippen LogP contribution < -0.4 is 9.64 Å². The smallest absolute Gasteiger partial charge is 0.246 e. The quantitative estimate of drug-likeness (QED) is 0.719. The van der Waals surface area contributed by atoms with E-state index in [0.717, 1.165) is 0 Å². The fourth-order valence-electron chi connectivity index (χ4n) is 3.85. The highest BCUT2D eigenvalue weighted by Crippen LogP contribution is 2.30. The van der Waals surface area contributed by atoms with Gasteiger partial charge in [0.1, 0.15) is 18.8 Å². The Morgan fingerprint density at radius 2 is 1.93 bits per heavy atom. The molecule has 0 bridgehead atoms. The molecule has 1 fully saturated rings. The predicted octanol–water partition coefficient (Wildman–Crippen LogP) is 1.98. The lowest BCUT2D eigenvalue weighted by atomic mass is 10.1. The predicted molar refractivity (Wildman–Crippen MR) is 108 cm³/mol. The highest BCUT2D eigenvalue weighted by atomic mass is 16.5. The summed E-state index contributed by atoms with van der Waals surface area (Å²) in [5.41, 5.74) is 2.51. The summed E-state index contributed by atoms with van der Waals surface area (Å²) in [6.07, 6.45) is 0. The molecule has 0 radical (unpaired) electrons. The van der Waals surface area contributed by atoms with Gasteiger partial charge in [-0.25, -0.2) is 0 Å². The van der Waals surface area contributed by atoms with E-state index in [1.165, 1.54) is 11.6 Å². The average Bonchev–Trinajstić information content (AvgIpc) is 2.96. The van der Waals surface area contributed by atoms with E-state index in [1.807, 2.05) is 25.1 Å². The van der Waals surface area contributed by atoms with Crippen molar-refractivity contribution in [2.45, 2.75) is 40.3 Å². The minimum Gasteiger partial charge on any atom is -0.495 e. The molecule has 2 amide bonds. The molecule has 0 N–H and O–H groups in total. The summed E-state index contributed by atoms with van der Waals surface area (Å²) in [4.78, 5) is 40.7. The van der Waals surface area contributed by atoms with Gasteiger partial charge in [-0.3, -0.25) is 19.1 Å². The number of Topliss-reactive ketones (excluding diaryl/α,β-unsaturated/α-hetero) is 1. The second-order valence-electron chi connectivity index (χ2n) is 7.31. The molecule has 2 aromatic rings. The van der Waals surface area contributed by atoms with Gasteiger partial charge in [-0.1, -0.05) is 12.1 Å². The van der Waals surface area contributed by atoms with Gasteiger partial charge in [0, 0.05) is 18.3 Å². The number of hydrogen-bond acceptors (Lipinski definition) is 5. The molecule has 3 rings (SSSR count). The lowest BCUT2D eigenvalue weighted by Crippen LogP contribution is -2.57. The summed E-state index contributed by atoms with van der Waals surface area (Å²) in [7, 11) is 1.57. The Morgan fingerprint density at radius 3 is 2.55 bits per heavy atom. The lowest BCUT2D eigenvalue weighted by molar-refractivity contribution is -0.140. The van der Waals surface area contributed by atoms with Crippen LogP contribution in [0.4, 0.5) is 5.69 Å². The van der Waals surface area contributed by atoms with Gasteiger partial charge in [0.25, 0.3) is 0 Å². The number of aryl methyl sites for hydroxylation is 1. The van der Waals surface area contributed by atoms with Crippen molar-refractivity contribution in [3.05, 3.63) is 41.2 Å². The lowest BCUT2D eigenvalue weighted by Gasteiger charge is -2.39. The average molecular weight is 398 g/mol. The maximum Gasteiger partial charge on any atom is 0.246 e. The van der Waals surface area contributed by atoms with Crippen molar-refractivity contribution in [2.24, 2.45) is 0 Å². The summed E-state index contributed by atoms with van der Waals surface area (Å²) in [6.45, 7) is 7.28. The van der Waals surface area contributed by atoms with Crippen LogP contribution in [0.25, 0.3) is 0 Å². The Hall–Kier alpha value is -3.16. The number of hydrogen-bond donors (Lipinski definition) is 0. The molecule has 154 valence electrons. The van der Waals surface area contributed by atoms with Gasteiger partial charge >= 0.3 is 0 Å². The Kier molecular flexibility index (Phi) is 5.72. The second kappa shape index (κ2) is 8.06. The first-order valence-corrected chi connectivity index (χ1v) is 9.52. The van der Waals surface area contributed by atoms with Crippen molar-refractivity contribution in [1.29, 1.82) is 0 Å². The molecular formula is C21H26N4O4. The first-order chi connectivity index (χ1) is 13.7. The number of ketones is 1. The molecule has 29 heavy (non-hydrogen) atoms. The van der Waals surface area contributed by atoms with E-state index < -0.39 is 0 Å². The molecular weight excluding hydrogens is 372 g/mol. The van der Waals surface area contributed by atoms with Crippen molar-refractivity contribution in [2.75, 3.05) is 25.1 Å². The molecule has 1 aliphatic heterocycles. The van der Waals surface area contributed by atoms with E-state index in [1.54, 1.807) is 36.8 Å². The number of nitrogens with zero attached hydrogens (tertiary/aromatic N) is 4. The molecule has 1 aromatic heterocycles. The SMILES string of the molecule is COc1ccccc1N1CC(C)N(C(=O)Cn2nc(C)c(C(C)=O)c2C)CC1=O. The van der Waals surface area contributed by atoms with Crippen molar-refractivity contribution >= 4 is 23.3 Å². The number of para-hydroxylation sites is 2. The van der Waals surface area contributed by atoms with Gasteiger partial charge in [-0.05, 0) is 39.8 Å². The van der Waals surface area contributed by atoms with Crippen LogP contribution in [-0.4, -0.2) is 58.5 Å². The summed E-state index contributed by atoms with van der Waals surface area (Å²) in [6, 6.07) is 7.16. The van der Waals surface area contributed by atoms with Crippen LogP contribution in [0.1, 0.15) is 35.6 Å². The topological polar surface area (TPSA) is 84.7 Å². The molecule has 1 saturated heterocycles. The fraction of sp³-hybridized carbons (Fsp3) is 0.429. The third-order valence-corrected chi connectivity index (χ3v) is 5.30. The zero-order valence-electron chi connectivity index (χ0n) is 17.4. The molecule has 8 heteroatoms. The number of anilines is 1. The molecule has 1 unspecified atom stereocenters. The first-order valence-electron chi connectivity index (χ1n) is 9.52. The maximum atomic E-state index is 12.9. The van der Waals surface area contributed by atoms with Gasteiger partial charge in [-0.15, -0.1) is 0 Å². The minimum absolute atomic E-state index is 0.00771. The van der Waals surface area contributed by atoms with Gasteiger partial charge in [0.05, 0.1) is 24.1 Å². The highest BCUT2D eigenvalue weighted by molar-refractivity contribution is 5.99. The number of amides is 2. The van der Waals surface area contributed by atoms with Crippen LogP contribution in [0.2, 0.25) is 0 Å². The summed E-state index contributed by atoms with van der Waals surface area (Å²) in [5.74, 6) is 0.171. The summed E-state index contributed by atoms with van der Waals surface area (Å²) >= 11 is 0. The standard InChI is InChI=1S/C21H26N4O4/c1-13-10-24(17-8-6-7-9-18(17)29-5)19(27)11-23(13)20(28)12-25-15(3)21(16(4)26)14(2)22-25/h6-9,13H,10-12H2,1-5H3. The second-order valence-corrected chi connectivity index (χ2v) is 7.31. The third kappa shape index (κ3) is 3.87. The Morgan fingerprint density at radius 1 is 1.24 bits per heavy atom. The summed E-state index contributed by atoms with van der Waals surface area (Å²) < 4.78 is 6.91. The van der Waals surface area contributed by atoms with Crippen molar-refractivity contribution in [3.63, 3.8) is 0 Å². The van der Waals surface area contributed by atoms with Crippen LogP contribution in [0.5, 0.6) is 5.75 Å². The van der Waals surface area contributed by atoms with Gasteiger partial charge in [0.2, 0.25) is 11.8 Å². The number of ether oxygens (including phenoxy) is 1. The number of methoxy groups -OCH3 is 1. The van der Waals surface area contributed by atoms with E-state index >= 15 is 0 Å². The Labute approximate surface area is 170 Å². The molecule has 8 nitrogen and oxygen atoms in total. The first kappa shape index (κ1) is 20.6. The molecule has 1 aliphatic rings. The van der Waals surface area contributed by atoms with Crippen molar-refractivity contribution in [1.82, 2.24) is 14.7 Å². The zero-order chi connectivity index (χ0) is 21.3. The molecule has 1 aromatic carbocycles. The molecule has 0 aliphatic carbocycles. The Balaban J connectivity index is 1.77. The van der Waals surface area contributed by atoms with E-state index in [9.17, 15) is 14.4 Å². The van der Waals surface area contributed by atoms with Gasteiger partial charge in [-0.2, -0.15) is 5.10 Å². The van der Waals surface area contributed by atoms with E-state index in [0.29, 0.717) is 34.9 Å². The van der Waals surface area contributed by atoms with Gasteiger partial charge in [0.15, 0.2) is 5.78 Å².